The lowest BCUT2D eigenvalue weighted by molar-refractivity contribution is 0.677. The van der Waals surface area contributed by atoms with E-state index in [1.54, 1.807) is 12.3 Å². The SMILES string of the molecule is N#Cc1cccc(CNCc2ccncn2)c1. The first-order chi connectivity index (χ1) is 8.38. The Balaban J connectivity index is 1.88. The summed E-state index contributed by atoms with van der Waals surface area (Å²) < 4.78 is 0. The zero-order valence-corrected chi connectivity index (χ0v) is 9.30. The first-order valence-corrected chi connectivity index (χ1v) is 5.33. The molecule has 1 N–H and O–H groups in total. The van der Waals surface area contributed by atoms with Gasteiger partial charge in [0.2, 0.25) is 0 Å². The average molecular weight is 224 g/mol. The monoisotopic (exact) mass is 224 g/mol. The van der Waals surface area contributed by atoms with Gasteiger partial charge in [-0.15, -0.1) is 0 Å². The van der Waals surface area contributed by atoms with Crippen LogP contribution in [0.4, 0.5) is 0 Å². The number of nitrogens with zero attached hydrogens (tertiary/aromatic N) is 3. The molecule has 0 saturated heterocycles. The van der Waals surface area contributed by atoms with Crippen molar-refractivity contribution >= 4 is 0 Å². The predicted octanol–water partition coefficient (Wildman–Crippen LogP) is 1.64. The Morgan fingerprint density at radius 2 is 2.18 bits per heavy atom. The summed E-state index contributed by atoms with van der Waals surface area (Å²) in [4.78, 5) is 7.98. The van der Waals surface area contributed by atoms with Crippen molar-refractivity contribution in [2.75, 3.05) is 0 Å². The Hall–Kier alpha value is -2.25. The van der Waals surface area contributed by atoms with Crippen molar-refractivity contribution in [3.63, 3.8) is 0 Å². The van der Waals surface area contributed by atoms with Crippen LogP contribution in [0.5, 0.6) is 0 Å². The highest BCUT2D eigenvalue weighted by Crippen LogP contribution is 2.03. The second-order valence-electron chi connectivity index (χ2n) is 3.62. The summed E-state index contributed by atoms with van der Waals surface area (Å²) >= 11 is 0. The van der Waals surface area contributed by atoms with Crippen molar-refractivity contribution in [1.29, 1.82) is 5.26 Å². The molecule has 2 aromatic rings. The van der Waals surface area contributed by atoms with Crippen molar-refractivity contribution in [2.45, 2.75) is 13.1 Å². The molecule has 1 heterocycles. The Morgan fingerprint density at radius 1 is 1.24 bits per heavy atom. The molecule has 84 valence electrons. The van der Waals surface area contributed by atoms with Crippen molar-refractivity contribution in [3.05, 3.63) is 59.7 Å². The fourth-order valence-corrected chi connectivity index (χ4v) is 1.51. The highest BCUT2D eigenvalue weighted by atomic mass is 14.9. The van der Waals surface area contributed by atoms with Crippen LogP contribution in [0.1, 0.15) is 16.8 Å². The normalized spacial score (nSPS) is 9.82. The van der Waals surface area contributed by atoms with E-state index in [9.17, 15) is 0 Å². The zero-order chi connectivity index (χ0) is 11.9. The van der Waals surface area contributed by atoms with E-state index in [1.165, 1.54) is 6.33 Å². The molecule has 2 rings (SSSR count). The Morgan fingerprint density at radius 3 is 2.94 bits per heavy atom. The second-order valence-corrected chi connectivity index (χ2v) is 3.62. The van der Waals surface area contributed by atoms with Gasteiger partial charge in [0.25, 0.3) is 0 Å². The number of rotatable bonds is 4. The van der Waals surface area contributed by atoms with E-state index in [1.807, 2.05) is 24.3 Å². The molecule has 4 heteroatoms. The molecule has 0 radical (unpaired) electrons. The van der Waals surface area contributed by atoms with Crippen LogP contribution in [0.2, 0.25) is 0 Å². The van der Waals surface area contributed by atoms with Gasteiger partial charge in [0.05, 0.1) is 17.3 Å². The van der Waals surface area contributed by atoms with Gasteiger partial charge in [0.1, 0.15) is 6.33 Å². The van der Waals surface area contributed by atoms with Crippen LogP contribution < -0.4 is 5.32 Å². The molecule has 0 spiro atoms. The smallest absolute Gasteiger partial charge is 0.115 e. The lowest BCUT2D eigenvalue weighted by Crippen LogP contribution is -2.13. The molecule has 0 bridgehead atoms. The molecular formula is C13H12N4. The molecule has 0 unspecified atom stereocenters. The van der Waals surface area contributed by atoms with E-state index in [4.69, 9.17) is 5.26 Å². The van der Waals surface area contributed by atoms with Gasteiger partial charge in [0.15, 0.2) is 0 Å². The van der Waals surface area contributed by atoms with E-state index in [-0.39, 0.29) is 0 Å². The summed E-state index contributed by atoms with van der Waals surface area (Å²) in [5, 5.41) is 12.0. The number of aromatic nitrogens is 2. The van der Waals surface area contributed by atoms with E-state index in [0.717, 1.165) is 17.8 Å². The number of nitriles is 1. The minimum absolute atomic E-state index is 0.686. The summed E-state index contributed by atoms with van der Waals surface area (Å²) in [6.45, 7) is 1.42. The number of nitrogens with one attached hydrogen (secondary N) is 1. The maximum Gasteiger partial charge on any atom is 0.115 e. The first kappa shape index (κ1) is 11.2. The van der Waals surface area contributed by atoms with Crippen molar-refractivity contribution in [1.82, 2.24) is 15.3 Å². The quantitative estimate of drug-likeness (QED) is 0.857. The van der Waals surface area contributed by atoms with Crippen molar-refractivity contribution in [2.24, 2.45) is 0 Å². The highest BCUT2D eigenvalue weighted by Gasteiger charge is 1.96. The Bertz CT molecular complexity index is 516. The van der Waals surface area contributed by atoms with Gasteiger partial charge in [-0.2, -0.15) is 5.26 Å². The van der Waals surface area contributed by atoms with Gasteiger partial charge >= 0.3 is 0 Å². The van der Waals surface area contributed by atoms with Gasteiger partial charge in [-0.3, -0.25) is 0 Å². The van der Waals surface area contributed by atoms with Crippen molar-refractivity contribution < 1.29 is 0 Å². The zero-order valence-electron chi connectivity index (χ0n) is 9.30. The maximum atomic E-state index is 8.78. The lowest BCUT2D eigenvalue weighted by atomic mass is 10.1. The predicted molar refractivity (Wildman–Crippen MR) is 63.7 cm³/mol. The molecule has 0 fully saturated rings. The van der Waals surface area contributed by atoms with Crippen molar-refractivity contribution in [3.8, 4) is 6.07 Å². The van der Waals surface area contributed by atoms with Crippen LogP contribution in [0, 0.1) is 11.3 Å². The van der Waals surface area contributed by atoms with E-state index in [2.05, 4.69) is 21.4 Å². The molecule has 0 aliphatic carbocycles. The molecule has 0 aliphatic rings. The number of hydrogen-bond donors (Lipinski definition) is 1. The molecule has 4 nitrogen and oxygen atoms in total. The van der Waals surface area contributed by atoms with Crippen LogP contribution in [-0.4, -0.2) is 9.97 Å². The largest absolute Gasteiger partial charge is 0.307 e. The molecule has 0 amide bonds. The maximum absolute atomic E-state index is 8.78. The standard InChI is InChI=1S/C13H12N4/c14-7-11-2-1-3-12(6-11)8-16-9-13-4-5-15-10-17-13/h1-6,10,16H,8-9H2. The lowest BCUT2D eigenvalue weighted by Gasteiger charge is -2.04. The second kappa shape index (κ2) is 5.73. The minimum Gasteiger partial charge on any atom is -0.307 e. The first-order valence-electron chi connectivity index (χ1n) is 5.33. The molecule has 1 aromatic carbocycles. The fraction of sp³-hybridized carbons (Fsp3) is 0.154. The van der Waals surface area contributed by atoms with Crippen LogP contribution in [0.15, 0.2) is 42.9 Å². The third-order valence-corrected chi connectivity index (χ3v) is 2.33. The molecule has 17 heavy (non-hydrogen) atoms. The van der Waals surface area contributed by atoms with E-state index in [0.29, 0.717) is 12.1 Å². The third kappa shape index (κ3) is 3.37. The average Bonchev–Trinajstić information content (AvgIpc) is 2.40. The molecule has 1 aromatic heterocycles. The van der Waals surface area contributed by atoms with Crippen LogP contribution in [-0.2, 0) is 13.1 Å². The highest BCUT2D eigenvalue weighted by molar-refractivity contribution is 5.32. The third-order valence-electron chi connectivity index (χ3n) is 2.33. The number of hydrogen-bond acceptors (Lipinski definition) is 4. The van der Waals surface area contributed by atoms with Gasteiger partial charge in [-0.1, -0.05) is 12.1 Å². The van der Waals surface area contributed by atoms with Gasteiger partial charge in [-0.05, 0) is 23.8 Å². The minimum atomic E-state index is 0.686. The summed E-state index contributed by atoms with van der Waals surface area (Å²) in [5.74, 6) is 0. The summed E-state index contributed by atoms with van der Waals surface area (Å²) in [6, 6.07) is 11.6. The van der Waals surface area contributed by atoms with Gasteiger partial charge in [0, 0.05) is 19.3 Å². The van der Waals surface area contributed by atoms with E-state index >= 15 is 0 Å². The van der Waals surface area contributed by atoms with Crippen LogP contribution in [0.25, 0.3) is 0 Å². The summed E-state index contributed by atoms with van der Waals surface area (Å²) in [6.07, 6.45) is 3.26. The summed E-state index contributed by atoms with van der Waals surface area (Å²) in [7, 11) is 0. The fourth-order valence-electron chi connectivity index (χ4n) is 1.51. The molecular weight excluding hydrogens is 212 g/mol. The topological polar surface area (TPSA) is 61.6 Å². The molecule has 0 saturated carbocycles. The molecule has 0 aliphatic heterocycles. The van der Waals surface area contributed by atoms with Crippen LogP contribution in [0.3, 0.4) is 0 Å². The van der Waals surface area contributed by atoms with Crippen LogP contribution >= 0.6 is 0 Å². The number of benzene rings is 1. The Kier molecular flexibility index (Phi) is 3.79. The Labute approximate surface area is 100.0 Å². The van der Waals surface area contributed by atoms with Gasteiger partial charge in [-0.25, -0.2) is 9.97 Å². The summed E-state index contributed by atoms with van der Waals surface area (Å²) in [5.41, 5.74) is 2.74. The van der Waals surface area contributed by atoms with Gasteiger partial charge < -0.3 is 5.32 Å². The molecule has 0 atom stereocenters. The van der Waals surface area contributed by atoms with E-state index < -0.39 is 0 Å².